The summed E-state index contributed by atoms with van der Waals surface area (Å²) in [5.74, 6) is 1.29. The normalized spacial score (nSPS) is 17.0. The molecule has 0 spiro atoms. The Labute approximate surface area is 99.9 Å². The summed E-state index contributed by atoms with van der Waals surface area (Å²) < 4.78 is 10.6. The molecule has 1 saturated carbocycles. The van der Waals surface area contributed by atoms with Gasteiger partial charge in [0.2, 0.25) is 0 Å². The van der Waals surface area contributed by atoms with Gasteiger partial charge in [-0.2, -0.15) is 0 Å². The molecule has 16 heavy (non-hydrogen) atoms. The van der Waals surface area contributed by atoms with Gasteiger partial charge in [-0.05, 0) is 18.9 Å². The lowest BCUT2D eigenvalue weighted by atomic mass is 9.95. The number of benzene rings is 1. The molecule has 1 aliphatic rings. The molecule has 0 saturated heterocycles. The number of aliphatic hydroxyl groups is 1. The summed E-state index contributed by atoms with van der Waals surface area (Å²) in [6.45, 7) is 0.118. The van der Waals surface area contributed by atoms with Crippen LogP contribution in [0, 0.1) is 0 Å². The van der Waals surface area contributed by atoms with Crippen LogP contribution in [0.3, 0.4) is 0 Å². The minimum absolute atomic E-state index is 0.118. The van der Waals surface area contributed by atoms with E-state index >= 15 is 0 Å². The van der Waals surface area contributed by atoms with E-state index in [1.807, 2.05) is 6.07 Å². The summed E-state index contributed by atoms with van der Waals surface area (Å²) in [5.41, 5.74) is 0.769. The zero-order valence-electron chi connectivity index (χ0n) is 9.42. The highest BCUT2D eigenvalue weighted by Crippen LogP contribution is 2.53. The van der Waals surface area contributed by atoms with Crippen molar-refractivity contribution in [1.82, 2.24) is 0 Å². The number of hydrogen-bond acceptors (Lipinski definition) is 3. The monoisotopic (exact) mass is 242 g/mol. The lowest BCUT2D eigenvalue weighted by molar-refractivity contribution is 0.250. The van der Waals surface area contributed by atoms with Gasteiger partial charge in [-0.25, -0.2) is 0 Å². The molecule has 2 rings (SSSR count). The van der Waals surface area contributed by atoms with Crippen LogP contribution in [0.15, 0.2) is 12.1 Å². The maximum Gasteiger partial charge on any atom is 0.164 e. The zero-order valence-corrected chi connectivity index (χ0v) is 10.2. The summed E-state index contributed by atoms with van der Waals surface area (Å²) in [6.07, 6.45) is 1.92. The topological polar surface area (TPSA) is 38.7 Å². The summed E-state index contributed by atoms with van der Waals surface area (Å²) in [6, 6.07) is 3.57. The lowest BCUT2D eigenvalue weighted by Gasteiger charge is -2.19. The molecule has 0 heterocycles. The summed E-state index contributed by atoms with van der Waals surface area (Å²) in [7, 11) is 3.18. The van der Waals surface area contributed by atoms with Crippen molar-refractivity contribution < 1.29 is 14.6 Å². The fourth-order valence-corrected chi connectivity index (χ4v) is 2.20. The number of halogens is 1. The van der Waals surface area contributed by atoms with Crippen molar-refractivity contribution in [3.05, 3.63) is 22.7 Å². The van der Waals surface area contributed by atoms with Crippen molar-refractivity contribution in [1.29, 1.82) is 0 Å². The van der Waals surface area contributed by atoms with Crippen molar-refractivity contribution in [2.24, 2.45) is 0 Å². The zero-order chi connectivity index (χ0) is 11.8. The van der Waals surface area contributed by atoms with Crippen LogP contribution >= 0.6 is 11.6 Å². The number of rotatable bonds is 4. The predicted octanol–water partition coefficient (Wildman–Crippen LogP) is 2.38. The molecule has 4 heteroatoms. The van der Waals surface area contributed by atoms with Crippen LogP contribution in [0.1, 0.15) is 18.4 Å². The average molecular weight is 243 g/mol. The molecule has 0 unspecified atom stereocenters. The Morgan fingerprint density at radius 1 is 1.31 bits per heavy atom. The molecule has 0 bridgehead atoms. The summed E-state index contributed by atoms with van der Waals surface area (Å²) in [4.78, 5) is 0. The Morgan fingerprint density at radius 3 is 2.44 bits per heavy atom. The maximum atomic E-state index is 9.44. The fourth-order valence-electron chi connectivity index (χ4n) is 1.99. The van der Waals surface area contributed by atoms with Crippen LogP contribution in [0.5, 0.6) is 11.5 Å². The van der Waals surface area contributed by atoms with Crippen molar-refractivity contribution in [2.75, 3.05) is 20.8 Å². The molecule has 1 aromatic carbocycles. The van der Waals surface area contributed by atoms with Gasteiger partial charge in [-0.1, -0.05) is 11.6 Å². The van der Waals surface area contributed by atoms with Crippen LogP contribution in [0.25, 0.3) is 0 Å². The molecule has 1 aromatic rings. The van der Waals surface area contributed by atoms with Gasteiger partial charge in [0.1, 0.15) is 0 Å². The van der Waals surface area contributed by atoms with Crippen molar-refractivity contribution >= 4 is 11.6 Å². The molecule has 0 aliphatic heterocycles. The fraction of sp³-hybridized carbons (Fsp3) is 0.500. The first-order valence-electron chi connectivity index (χ1n) is 5.20. The Hall–Kier alpha value is -0.930. The van der Waals surface area contributed by atoms with E-state index in [1.165, 1.54) is 0 Å². The van der Waals surface area contributed by atoms with Crippen molar-refractivity contribution in [3.63, 3.8) is 0 Å². The van der Waals surface area contributed by atoms with Crippen LogP contribution < -0.4 is 9.47 Å². The van der Waals surface area contributed by atoms with E-state index in [-0.39, 0.29) is 12.0 Å². The van der Waals surface area contributed by atoms with Gasteiger partial charge in [0.25, 0.3) is 0 Å². The predicted molar refractivity (Wildman–Crippen MR) is 62.6 cm³/mol. The minimum Gasteiger partial charge on any atom is -0.493 e. The van der Waals surface area contributed by atoms with E-state index in [1.54, 1.807) is 20.3 Å². The summed E-state index contributed by atoms with van der Waals surface area (Å²) in [5, 5.41) is 10.0. The third-order valence-electron chi connectivity index (χ3n) is 3.17. The molecular formula is C12H15ClO3. The molecule has 1 N–H and O–H groups in total. The van der Waals surface area contributed by atoms with Gasteiger partial charge in [0.15, 0.2) is 11.5 Å². The number of aliphatic hydroxyl groups excluding tert-OH is 1. The highest BCUT2D eigenvalue weighted by molar-refractivity contribution is 6.30. The van der Waals surface area contributed by atoms with Crippen LogP contribution in [0.4, 0.5) is 0 Å². The second kappa shape index (κ2) is 4.15. The molecular weight excluding hydrogens is 228 g/mol. The molecule has 1 aliphatic carbocycles. The highest BCUT2D eigenvalue weighted by Gasteiger charge is 2.46. The van der Waals surface area contributed by atoms with E-state index in [4.69, 9.17) is 21.1 Å². The first-order chi connectivity index (χ1) is 7.66. The molecule has 0 aromatic heterocycles. The number of methoxy groups -OCH3 is 2. The SMILES string of the molecule is COc1cc(Cl)cc(C2(CO)CC2)c1OC. The van der Waals surface area contributed by atoms with Crippen molar-refractivity contribution in [2.45, 2.75) is 18.3 Å². The van der Waals surface area contributed by atoms with Gasteiger partial charge in [-0.3, -0.25) is 0 Å². The maximum absolute atomic E-state index is 9.44. The van der Waals surface area contributed by atoms with Gasteiger partial charge in [0, 0.05) is 22.1 Å². The summed E-state index contributed by atoms with van der Waals surface area (Å²) >= 11 is 6.03. The smallest absolute Gasteiger partial charge is 0.164 e. The minimum atomic E-state index is -0.177. The molecule has 3 nitrogen and oxygen atoms in total. The van der Waals surface area contributed by atoms with Crippen molar-refractivity contribution in [3.8, 4) is 11.5 Å². The first kappa shape index (κ1) is 11.6. The Kier molecular flexibility index (Phi) is 3.00. The molecule has 0 radical (unpaired) electrons. The van der Waals surface area contributed by atoms with Crippen LogP contribution in [0.2, 0.25) is 5.02 Å². The second-order valence-electron chi connectivity index (χ2n) is 4.13. The van der Waals surface area contributed by atoms with E-state index in [0.29, 0.717) is 16.5 Å². The van der Waals surface area contributed by atoms with E-state index in [0.717, 1.165) is 18.4 Å². The van der Waals surface area contributed by atoms with Crippen LogP contribution in [-0.2, 0) is 5.41 Å². The first-order valence-corrected chi connectivity index (χ1v) is 5.57. The van der Waals surface area contributed by atoms with E-state index in [9.17, 15) is 5.11 Å². The number of ether oxygens (including phenoxy) is 2. The van der Waals surface area contributed by atoms with E-state index in [2.05, 4.69) is 0 Å². The average Bonchev–Trinajstić information content (AvgIpc) is 3.08. The standard InChI is InChI=1S/C12H15ClO3/c1-15-10-6-8(13)5-9(11(10)16-2)12(7-14)3-4-12/h5-6,14H,3-4,7H2,1-2H3. The highest BCUT2D eigenvalue weighted by atomic mass is 35.5. The molecule has 0 atom stereocenters. The molecule has 0 amide bonds. The van der Waals surface area contributed by atoms with Crippen LogP contribution in [-0.4, -0.2) is 25.9 Å². The third kappa shape index (κ3) is 1.74. The number of hydrogen-bond donors (Lipinski definition) is 1. The quantitative estimate of drug-likeness (QED) is 0.881. The van der Waals surface area contributed by atoms with Gasteiger partial charge in [0.05, 0.1) is 20.8 Å². The molecule has 88 valence electrons. The third-order valence-corrected chi connectivity index (χ3v) is 3.39. The second-order valence-corrected chi connectivity index (χ2v) is 4.56. The van der Waals surface area contributed by atoms with Gasteiger partial charge < -0.3 is 14.6 Å². The van der Waals surface area contributed by atoms with E-state index < -0.39 is 0 Å². The Balaban J connectivity index is 2.54. The largest absolute Gasteiger partial charge is 0.493 e. The Morgan fingerprint density at radius 2 is 2.00 bits per heavy atom. The molecule has 1 fully saturated rings. The van der Waals surface area contributed by atoms with Gasteiger partial charge in [-0.15, -0.1) is 0 Å². The Bertz CT molecular complexity index is 399. The van der Waals surface area contributed by atoms with Gasteiger partial charge >= 0.3 is 0 Å². The lowest BCUT2D eigenvalue weighted by Crippen LogP contribution is -2.13.